The van der Waals surface area contributed by atoms with Crippen LogP contribution in [0.25, 0.3) is 0 Å². The topological polar surface area (TPSA) is 66.5 Å². The van der Waals surface area contributed by atoms with Gasteiger partial charge < -0.3 is 15.4 Å². The number of ether oxygens (including phenoxy) is 1. The Balaban J connectivity index is 1.43. The van der Waals surface area contributed by atoms with E-state index in [0.29, 0.717) is 17.3 Å². The predicted molar refractivity (Wildman–Crippen MR) is 107 cm³/mol. The number of anilines is 1. The fraction of sp³-hybridized carbons (Fsp3) is 0.400. The van der Waals surface area contributed by atoms with Gasteiger partial charge >= 0.3 is 0 Å². The second-order valence-corrected chi connectivity index (χ2v) is 6.88. The van der Waals surface area contributed by atoms with E-state index in [1.165, 1.54) is 0 Å². The van der Waals surface area contributed by atoms with Crippen molar-refractivity contribution in [3.8, 4) is 0 Å². The van der Waals surface area contributed by atoms with Crippen LogP contribution in [0, 0.1) is 0 Å². The van der Waals surface area contributed by atoms with Crippen LogP contribution in [0.15, 0.2) is 42.6 Å². The number of carbonyl (C=O) groups is 1. The zero-order valence-electron chi connectivity index (χ0n) is 15.3. The number of benzene rings is 1. The SMILES string of the molecule is O=C(NCCc1cccc(Cl)c1)c1cc(NCCN2CCOCC2)ccn1. The molecule has 0 atom stereocenters. The summed E-state index contributed by atoms with van der Waals surface area (Å²) in [5.41, 5.74) is 2.41. The molecular formula is C20H25ClN4O2. The lowest BCUT2D eigenvalue weighted by Crippen LogP contribution is -2.39. The van der Waals surface area contributed by atoms with Gasteiger partial charge in [0.1, 0.15) is 5.69 Å². The lowest BCUT2D eigenvalue weighted by molar-refractivity contribution is 0.0398. The number of rotatable bonds is 8. The third-order valence-electron chi connectivity index (χ3n) is 4.44. The summed E-state index contributed by atoms with van der Waals surface area (Å²) in [4.78, 5) is 18.9. The van der Waals surface area contributed by atoms with Crippen LogP contribution in [0.4, 0.5) is 5.69 Å². The highest BCUT2D eigenvalue weighted by molar-refractivity contribution is 6.30. The van der Waals surface area contributed by atoms with Gasteiger partial charge in [0.2, 0.25) is 0 Å². The van der Waals surface area contributed by atoms with Gasteiger partial charge in [-0.15, -0.1) is 0 Å². The quantitative estimate of drug-likeness (QED) is 0.727. The molecule has 1 aromatic heterocycles. The van der Waals surface area contributed by atoms with Gasteiger partial charge in [0.05, 0.1) is 13.2 Å². The summed E-state index contributed by atoms with van der Waals surface area (Å²) in [6.45, 7) is 5.85. The van der Waals surface area contributed by atoms with E-state index in [1.54, 1.807) is 12.3 Å². The molecule has 0 aliphatic carbocycles. The number of amides is 1. The first kappa shape index (κ1) is 19.6. The summed E-state index contributed by atoms with van der Waals surface area (Å²) in [5.74, 6) is -0.172. The summed E-state index contributed by atoms with van der Waals surface area (Å²) >= 11 is 5.98. The van der Waals surface area contributed by atoms with E-state index in [9.17, 15) is 4.79 Å². The van der Waals surface area contributed by atoms with Crippen LogP contribution < -0.4 is 10.6 Å². The highest BCUT2D eigenvalue weighted by atomic mass is 35.5. The Bertz CT molecular complexity index is 750. The van der Waals surface area contributed by atoms with Crippen molar-refractivity contribution in [2.45, 2.75) is 6.42 Å². The van der Waals surface area contributed by atoms with E-state index in [4.69, 9.17) is 16.3 Å². The third kappa shape index (κ3) is 6.50. The van der Waals surface area contributed by atoms with Crippen molar-refractivity contribution in [2.75, 3.05) is 51.3 Å². The number of pyridine rings is 1. The smallest absolute Gasteiger partial charge is 0.269 e. The minimum Gasteiger partial charge on any atom is -0.384 e. The second kappa shape index (κ2) is 10.3. The van der Waals surface area contributed by atoms with Crippen molar-refractivity contribution in [1.29, 1.82) is 0 Å². The Morgan fingerprint density at radius 2 is 2.04 bits per heavy atom. The largest absolute Gasteiger partial charge is 0.384 e. The van der Waals surface area contributed by atoms with Crippen LogP contribution >= 0.6 is 11.6 Å². The number of hydrogen-bond donors (Lipinski definition) is 2. The molecule has 2 aromatic rings. The molecule has 0 bridgehead atoms. The molecule has 0 spiro atoms. The number of aromatic nitrogens is 1. The van der Waals surface area contributed by atoms with Crippen LogP contribution in [0.5, 0.6) is 0 Å². The lowest BCUT2D eigenvalue weighted by Gasteiger charge is -2.26. The van der Waals surface area contributed by atoms with E-state index in [2.05, 4.69) is 20.5 Å². The lowest BCUT2D eigenvalue weighted by atomic mass is 10.1. The molecule has 2 heterocycles. The molecule has 1 aliphatic rings. The number of carbonyl (C=O) groups excluding carboxylic acids is 1. The number of nitrogens with zero attached hydrogens (tertiary/aromatic N) is 2. The zero-order chi connectivity index (χ0) is 18.9. The normalized spacial score (nSPS) is 14.7. The third-order valence-corrected chi connectivity index (χ3v) is 4.68. The monoisotopic (exact) mass is 388 g/mol. The summed E-state index contributed by atoms with van der Waals surface area (Å²) in [6.07, 6.45) is 2.38. The fourth-order valence-electron chi connectivity index (χ4n) is 2.95. The fourth-order valence-corrected chi connectivity index (χ4v) is 3.16. The van der Waals surface area contributed by atoms with Crippen molar-refractivity contribution < 1.29 is 9.53 Å². The first-order valence-corrected chi connectivity index (χ1v) is 9.61. The van der Waals surface area contributed by atoms with E-state index >= 15 is 0 Å². The number of hydrogen-bond acceptors (Lipinski definition) is 5. The van der Waals surface area contributed by atoms with Crippen LogP contribution in [0.3, 0.4) is 0 Å². The molecule has 3 rings (SSSR count). The molecule has 7 heteroatoms. The first-order valence-electron chi connectivity index (χ1n) is 9.23. The molecule has 2 N–H and O–H groups in total. The Hall–Kier alpha value is -2.15. The van der Waals surface area contributed by atoms with Gasteiger partial charge in [-0.05, 0) is 36.2 Å². The highest BCUT2D eigenvalue weighted by Crippen LogP contribution is 2.11. The molecule has 144 valence electrons. The molecule has 0 unspecified atom stereocenters. The predicted octanol–water partition coefficient (Wildman–Crippen LogP) is 2.45. The average Bonchev–Trinajstić information content (AvgIpc) is 2.69. The van der Waals surface area contributed by atoms with Crippen molar-refractivity contribution in [2.24, 2.45) is 0 Å². The van der Waals surface area contributed by atoms with E-state index in [-0.39, 0.29) is 5.91 Å². The molecule has 1 aromatic carbocycles. The van der Waals surface area contributed by atoms with Gasteiger partial charge in [0.15, 0.2) is 0 Å². The average molecular weight is 389 g/mol. The maximum Gasteiger partial charge on any atom is 0.269 e. The zero-order valence-corrected chi connectivity index (χ0v) is 16.0. The van der Waals surface area contributed by atoms with Gasteiger partial charge in [-0.2, -0.15) is 0 Å². The van der Waals surface area contributed by atoms with Crippen LogP contribution in [0.1, 0.15) is 16.1 Å². The van der Waals surface area contributed by atoms with Crippen molar-refractivity contribution in [3.63, 3.8) is 0 Å². The Kier molecular flexibility index (Phi) is 7.45. The Morgan fingerprint density at radius 3 is 2.85 bits per heavy atom. The summed E-state index contributed by atoms with van der Waals surface area (Å²) in [7, 11) is 0. The molecule has 1 saturated heterocycles. The molecule has 0 radical (unpaired) electrons. The maximum atomic E-state index is 12.3. The van der Waals surface area contributed by atoms with Gasteiger partial charge in [-0.25, -0.2) is 0 Å². The van der Waals surface area contributed by atoms with Crippen LogP contribution in [0.2, 0.25) is 5.02 Å². The highest BCUT2D eigenvalue weighted by Gasteiger charge is 2.10. The molecule has 1 amide bonds. The molecule has 1 fully saturated rings. The minimum atomic E-state index is -0.172. The van der Waals surface area contributed by atoms with Crippen molar-refractivity contribution >= 4 is 23.2 Å². The number of morpholine rings is 1. The first-order chi connectivity index (χ1) is 13.2. The molecule has 1 aliphatic heterocycles. The van der Waals surface area contributed by atoms with Crippen LogP contribution in [-0.4, -0.2) is 61.7 Å². The number of halogens is 1. The summed E-state index contributed by atoms with van der Waals surface area (Å²) in [5, 5.41) is 6.97. The van der Waals surface area contributed by atoms with Gasteiger partial charge in [0.25, 0.3) is 5.91 Å². The Labute approximate surface area is 164 Å². The number of nitrogens with one attached hydrogen (secondary N) is 2. The molecule has 0 saturated carbocycles. The standard InChI is InChI=1S/C20H25ClN4O2/c21-17-3-1-2-16(14-17)4-6-24-20(26)19-15-18(5-7-23-19)22-8-9-25-10-12-27-13-11-25/h1-3,5,7,14-15H,4,6,8-13H2,(H,22,23)(H,24,26). The van der Waals surface area contributed by atoms with E-state index in [0.717, 1.165) is 57.1 Å². The van der Waals surface area contributed by atoms with Crippen molar-refractivity contribution in [3.05, 3.63) is 58.9 Å². The van der Waals surface area contributed by atoms with Crippen LogP contribution in [-0.2, 0) is 11.2 Å². The summed E-state index contributed by atoms with van der Waals surface area (Å²) in [6, 6.07) is 11.3. The molecular weight excluding hydrogens is 364 g/mol. The molecule has 27 heavy (non-hydrogen) atoms. The second-order valence-electron chi connectivity index (χ2n) is 6.45. The Morgan fingerprint density at radius 1 is 1.19 bits per heavy atom. The molecule has 6 nitrogen and oxygen atoms in total. The van der Waals surface area contributed by atoms with E-state index in [1.807, 2.05) is 30.3 Å². The van der Waals surface area contributed by atoms with Gasteiger partial charge in [-0.1, -0.05) is 23.7 Å². The van der Waals surface area contributed by atoms with Gasteiger partial charge in [0, 0.05) is 49.6 Å². The summed E-state index contributed by atoms with van der Waals surface area (Å²) < 4.78 is 5.35. The van der Waals surface area contributed by atoms with Gasteiger partial charge in [-0.3, -0.25) is 14.7 Å². The minimum absolute atomic E-state index is 0.172. The van der Waals surface area contributed by atoms with Crippen molar-refractivity contribution in [1.82, 2.24) is 15.2 Å². The maximum absolute atomic E-state index is 12.3. The van der Waals surface area contributed by atoms with E-state index < -0.39 is 0 Å².